The molecule has 6 heteroatoms. The third kappa shape index (κ3) is 3.35. The van der Waals surface area contributed by atoms with Crippen LogP contribution in [0.5, 0.6) is 0 Å². The minimum Gasteiger partial charge on any atom is -0.387 e. The van der Waals surface area contributed by atoms with Crippen LogP contribution >= 0.6 is 11.3 Å². The van der Waals surface area contributed by atoms with Crippen molar-refractivity contribution in [3.63, 3.8) is 0 Å². The third-order valence-corrected chi connectivity index (χ3v) is 6.49. The Morgan fingerprint density at radius 3 is 2.85 bits per heavy atom. The van der Waals surface area contributed by atoms with E-state index in [1.165, 1.54) is 6.42 Å². The minimum absolute atomic E-state index is 0.382. The molecule has 0 spiro atoms. The van der Waals surface area contributed by atoms with Crippen molar-refractivity contribution in [1.82, 2.24) is 14.8 Å². The summed E-state index contributed by atoms with van der Waals surface area (Å²) in [6.45, 7) is 2.09. The maximum Gasteiger partial charge on any atom is 0.125 e. The molecule has 140 valence electrons. The predicted molar refractivity (Wildman–Crippen MR) is 112 cm³/mol. The zero-order valence-corrected chi connectivity index (χ0v) is 16.7. The maximum atomic E-state index is 10.7. The van der Waals surface area contributed by atoms with Gasteiger partial charge in [0.2, 0.25) is 0 Å². The van der Waals surface area contributed by atoms with E-state index in [0.717, 1.165) is 50.5 Å². The maximum absolute atomic E-state index is 10.7. The number of pyridine rings is 1. The first kappa shape index (κ1) is 18.1. The average molecular weight is 381 g/mol. The Kier molecular flexibility index (Phi) is 4.93. The van der Waals surface area contributed by atoms with Gasteiger partial charge in [0.15, 0.2) is 0 Å². The number of hydrogen-bond acceptors (Lipinski definition) is 5. The zero-order chi connectivity index (χ0) is 19.0. The zero-order valence-electron chi connectivity index (χ0n) is 15.9. The molecule has 1 unspecified atom stereocenters. The van der Waals surface area contributed by atoms with Gasteiger partial charge in [-0.15, -0.1) is 11.3 Å². The molecule has 3 aromatic rings. The number of aliphatic imine (C=N–C) groups is 1. The molecule has 4 rings (SSSR count). The highest BCUT2D eigenvalue weighted by Gasteiger charge is 2.28. The molecule has 1 aliphatic rings. The highest BCUT2D eigenvalue weighted by Crippen LogP contribution is 2.42. The molecule has 1 saturated carbocycles. The van der Waals surface area contributed by atoms with E-state index in [2.05, 4.69) is 29.1 Å². The molecule has 0 bridgehead atoms. The van der Waals surface area contributed by atoms with E-state index in [-0.39, 0.29) is 6.10 Å². The summed E-state index contributed by atoms with van der Waals surface area (Å²) in [7, 11) is 3.69. The lowest BCUT2D eigenvalue weighted by molar-refractivity contribution is 0.0650. The minimum atomic E-state index is -0.382. The molecule has 5 nitrogen and oxygen atoms in total. The van der Waals surface area contributed by atoms with Gasteiger partial charge in [0, 0.05) is 36.8 Å². The monoisotopic (exact) mass is 380 g/mol. The van der Waals surface area contributed by atoms with E-state index in [1.54, 1.807) is 24.6 Å². The number of nitrogens with zero attached hydrogens (tertiary/aromatic N) is 4. The fourth-order valence-electron chi connectivity index (χ4n) is 3.52. The number of aryl methyl sites for hydroxylation is 1. The molecule has 1 atom stereocenters. The van der Waals surface area contributed by atoms with Gasteiger partial charge in [-0.3, -0.25) is 9.67 Å². The lowest BCUT2D eigenvalue weighted by Gasteiger charge is -2.29. The van der Waals surface area contributed by atoms with Gasteiger partial charge in [0.05, 0.1) is 17.5 Å². The van der Waals surface area contributed by atoms with E-state index < -0.39 is 0 Å². The fourth-order valence-corrected chi connectivity index (χ4v) is 4.66. The highest BCUT2D eigenvalue weighted by molar-refractivity contribution is 7.18. The van der Waals surface area contributed by atoms with Crippen LogP contribution in [0, 0.1) is 5.92 Å². The van der Waals surface area contributed by atoms with Gasteiger partial charge < -0.3 is 5.11 Å². The standard InChI is InChI=1S/C21H24N4OS/c1-13(7-9-22-2)15-11-17(18-8-10-23-25(18)3)24-21-16(15)12-19(27-21)20(26)14-5-4-6-14/h7-12,14,20,26H,4-6H2,1-3H3/b13-7+,22-9?. The van der Waals surface area contributed by atoms with Crippen LogP contribution in [0.2, 0.25) is 0 Å². The van der Waals surface area contributed by atoms with Gasteiger partial charge in [0.25, 0.3) is 0 Å². The van der Waals surface area contributed by atoms with Crippen molar-refractivity contribution in [3.8, 4) is 11.4 Å². The van der Waals surface area contributed by atoms with Crippen LogP contribution in [0.4, 0.5) is 0 Å². The van der Waals surface area contributed by atoms with Crippen molar-refractivity contribution in [2.24, 2.45) is 18.0 Å². The van der Waals surface area contributed by atoms with Gasteiger partial charge >= 0.3 is 0 Å². The number of fused-ring (bicyclic) bond motifs is 1. The highest BCUT2D eigenvalue weighted by atomic mass is 32.1. The van der Waals surface area contributed by atoms with Crippen LogP contribution in [0.25, 0.3) is 27.2 Å². The lowest BCUT2D eigenvalue weighted by atomic mass is 9.80. The van der Waals surface area contributed by atoms with Crippen molar-refractivity contribution in [2.45, 2.75) is 32.3 Å². The van der Waals surface area contributed by atoms with Crippen LogP contribution in [0.15, 0.2) is 35.5 Å². The van der Waals surface area contributed by atoms with Crippen molar-refractivity contribution >= 4 is 33.3 Å². The topological polar surface area (TPSA) is 63.3 Å². The van der Waals surface area contributed by atoms with Gasteiger partial charge in [0.1, 0.15) is 4.83 Å². The number of rotatable bonds is 5. The Bertz CT molecular complexity index is 1030. The fraction of sp³-hybridized carbons (Fsp3) is 0.381. The molecule has 1 aliphatic carbocycles. The SMILES string of the molecule is CN=C/C=C(\C)c1cc(-c2ccnn2C)nc2sc(C(O)C3CCC3)cc12. The predicted octanol–water partition coefficient (Wildman–Crippen LogP) is 4.63. The number of aliphatic hydroxyl groups excluding tert-OH is 1. The van der Waals surface area contributed by atoms with Crippen LogP contribution in [0.3, 0.4) is 0 Å². The smallest absolute Gasteiger partial charge is 0.125 e. The Morgan fingerprint density at radius 1 is 1.41 bits per heavy atom. The van der Waals surface area contributed by atoms with E-state index >= 15 is 0 Å². The second-order valence-corrected chi connectivity index (χ2v) is 8.22. The average Bonchev–Trinajstić information content (AvgIpc) is 3.23. The second-order valence-electron chi connectivity index (χ2n) is 7.16. The summed E-state index contributed by atoms with van der Waals surface area (Å²) >= 11 is 1.60. The summed E-state index contributed by atoms with van der Waals surface area (Å²) in [4.78, 5) is 10.9. The summed E-state index contributed by atoms with van der Waals surface area (Å²) in [5.74, 6) is 0.391. The summed E-state index contributed by atoms with van der Waals surface area (Å²) < 4.78 is 1.84. The first-order valence-corrected chi connectivity index (χ1v) is 10.1. The third-order valence-electron chi connectivity index (χ3n) is 5.39. The lowest BCUT2D eigenvalue weighted by Crippen LogP contribution is -2.19. The Hall–Kier alpha value is -2.31. The molecule has 1 N–H and O–H groups in total. The normalized spacial score (nSPS) is 17.0. The number of allylic oxidation sites excluding steroid dienone is 2. The van der Waals surface area contributed by atoms with Crippen LogP contribution in [0.1, 0.15) is 42.7 Å². The van der Waals surface area contributed by atoms with Gasteiger partial charge in [-0.2, -0.15) is 5.10 Å². The second kappa shape index (κ2) is 7.37. The molecule has 3 aromatic heterocycles. The first-order valence-electron chi connectivity index (χ1n) is 9.29. The van der Waals surface area contributed by atoms with E-state index in [4.69, 9.17) is 4.98 Å². The van der Waals surface area contributed by atoms with Crippen molar-refractivity contribution < 1.29 is 5.11 Å². The van der Waals surface area contributed by atoms with Crippen LogP contribution < -0.4 is 0 Å². The van der Waals surface area contributed by atoms with E-state index in [1.807, 2.05) is 30.1 Å². The largest absolute Gasteiger partial charge is 0.387 e. The van der Waals surface area contributed by atoms with Crippen LogP contribution in [-0.4, -0.2) is 33.1 Å². The summed E-state index contributed by atoms with van der Waals surface area (Å²) in [6, 6.07) is 6.21. The number of aromatic nitrogens is 3. The van der Waals surface area contributed by atoms with E-state index in [0.29, 0.717) is 5.92 Å². The molecule has 3 heterocycles. The summed E-state index contributed by atoms with van der Waals surface area (Å²) in [5.41, 5.74) is 4.12. The molecule has 0 amide bonds. The van der Waals surface area contributed by atoms with Crippen molar-refractivity contribution in [2.75, 3.05) is 7.05 Å². The summed E-state index contributed by atoms with van der Waals surface area (Å²) in [6.07, 6.45) is 8.67. The molecule has 0 saturated heterocycles. The van der Waals surface area contributed by atoms with Gasteiger partial charge in [-0.05, 0) is 61.1 Å². The molecule has 1 fully saturated rings. The van der Waals surface area contributed by atoms with Crippen LogP contribution in [-0.2, 0) is 7.05 Å². The summed E-state index contributed by atoms with van der Waals surface area (Å²) in [5, 5.41) is 16.1. The Labute approximate surface area is 163 Å². The van der Waals surface area contributed by atoms with E-state index in [9.17, 15) is 5.11 Å². The molecule has 0 radical (unpaired) electrons. The number of thiophene rings is 1. The molecular weight excluding hydrogens is 356 g/mol. The quantitative estimate of drug-likeness (QED) is 0.656. The van der Waals surface area contributed by atoms with Gasteiger partial charge in [-0.25, -0.2) is 4.98 Å². The number of aliphatic hydroxyl groups is 1. The van der Waals surface area contributed by atoms with Crippen molar-refractivity contribution in [1.29, 1.82) is 0 Å². The molecular formula is C21H24N4OS. The Balaban J connectivity index is 1.88. The van der Waals surface area contributed by atoms with Gasteiger partial charge in [-0.1, -0.05) is 6.42 Å². The molecule has 27 heavy (non-hydrogen) atoms. The number of hydrogen-bond donors (Lipinski definition) is 1. The van der Waals surface area contributed by atoms with Crippen molar-refractivity contribution in [3.05, 3.63) is 40.9 Å². The molecule has 0 aliphatic heterocycles. The molecule has 0 aromatic carbocycles. The first-order chi connectivity index (χ1) is 13.1. The Morgan fingerprint density at radius 2 is 2.22 bits per heavy atom.